The fourth-order valence-corrected chi connectivity index (χ4v) is 3.51. The van der Waals surface area contributed by atoms with Crippen LogP contribution in [0.25, 0.3) is 21.8 Å². The van der Waals surface area contributed by atoms with Gasteiger partial charge in [-0.3, -0.25) is 4.79 Å². The fraction of sp³-hybridized carbons (Fsp3) is 0.150. The first-order valence-corrected chi connectivity index (χ1v) is 8.83. The Morgan fingerprint density at radius 1 is 1.15 bits per heavy atom. The smallest absolute Gasteiger partial charge is 0.267 e. The molecule has 4 rings (SSSR count). The van der Waals surface area contributed by atoms with Gasteiger partial charge < -0.3 is 15.3 Å². The number of H-pyrrole nitrogens is 2. The van der Waals surface area contributed by atoms with Crippen LogP contribution in [0, 0.1) is 18.6 Å². The van der Waals surface area contributed by atoms with Gasteiger partial charge in [-0.2, -0.15) is 0 Å². The van der Waals surface area contributed by atoms with Crippen molar-refractivity contribution in [2.45, 2.75) is 13.3 Å². The van der Waals surface area contributed by atoms with Gasteiger partial charge in [0.15, 0.2) is 11.6 Å². The Bertz CT molecular complexity index is 1180. The summed E-state index contributed by atoms with van der Waals surface area (Å²) in [6, 6.07) is 9.76. The molecule has 0 saturated heterocycles. The van der Waals surface area contributed by atoms with E-state index in [9.17, 15) is 13.6 Å². The van der Waals surface area contributed by atoms with Crippen LogP contribution in [-0.4, -0.2) is 22.4 Å². The summed E-state index contributed by atoms with van der Waals surface area (Å²) in [7, 11) is 0. The van der Waals surface area contributed by atoms with Crippen molar-refractivity contribution in [1.29, 1.82) is 0 Å². The molecule has 0 radical (unpaired) electrons. The summed E-state index contributed by atoms with van der Waals surface area (Å²) in [5, 5.41) is 4.93. The summed E-state index contributed by atoms with van der Waals surface area (Å²) >= 11 is 5.96. The average Bonchev–Trinajstić information content (AvgIpc) is 3.19. The molecule has 0 aliphatic heterocycles. The van der Waals surface area contributed by atoms with Crippen molar-refractivity contribution in [3.63, 3.8) is 0 Å². The molecule has 7 heteroatoms. The van der Waals surface area contributed by atoms with Crippen LogP contribution in [0.15, 0.2) is 36.4 Å². The van der Waals surface area contributed by atoms with E-state index in [0.29, 0.717) is 29.1 Å². The number of aromatic amines is 2. The first-order valence-electron chi connectivity index (χ1n) is 8.45. The Morgan fingerprint density at radius 2 is 1.96 bits per heavy atom. The molecule has 0 saturated carbocycles. The van der Waals surface area contributed by atoms with Crippen molar-refractivity contribution >= 4 is 39.3 Å². The molecule has 4 nitrogen and oxygen atoms in total. The number of nitrogens with one attached hydrogen (secondary N) is 3. The second-order valence-corrected chi connectivity index (χ2v) is 6.87. The van der Waals surface area contributed by atoms with E-state index in [1.54, 1.807) is 31.2 Å². The molecule has 0 fully saturated rings. The van der Waals surface area contributed by atoms with Crippen LogP contribution in [0.3, 0.4) is 0 Å². The lowest BCUT2D eigenvalue weighted by atomic mass is 10.1. The van der Waals surface area contributed by atoms with Gasteiger partial charge in [0.1, 0.15) is 5.69 Å². The van der Waals surface area contributed by atoms with E-state index < -0.39 is 11.6 Å². The van der Waals surface area contributed by atoms with Gasteiger partial charge in [-0.05, 0) is 55.3 Å². The van der Waals surface area contributed by atoms with Crippen molar-refractivity contribution in [2.24, 2.45) is 0 Å². The van der Waals surface area contributed by atoms with Crippen LogP contribution in [0.5, 0.6) is 0 Å². The van der Waals surface area contributed by atoms with E-state index in [-0.39, 0.29) is 11.4 Å². The zero-order valence-electron chi connectivity index (χ0n) is 14.4. The van der Waals surface area contributed by atoms with Crippen molar-refractivity contribution in [1.82, 2.24) is 15.3 Å². The third kappa shape index (κ3) is 3.17. The maximum absolute atomic E-state index is 13.9. The summed E-state index contributed by atoms with van der Waals surface area (Å²) in [6.45, 7) is 2.16. The SMILES string of the molecule is Cc1[nH]c2c(F)c(F)ccc2c1CCNC(=O)c1cc2cc(Cl)ccc2[nH]1. The van der Waals surface area contributed by atoms with Crippen LogP contribution in [-0.2, 0) is 6.42 Å². The number of amides is 1. The van der Waals surface area contributed by atoms with Gasteiger partial charge in [-0.15, -0.1) is 0 Å². The minimum Gasteiger partial charge on any atom is -0.356 e. The summed E-state index contributed by atoms with van der Waals surface area (Å²) in [6.07, 6.45) is 0.495. The zero-order chi connectivity index (χ0) is 19.1. The maximum atomic E-state index is 13.9. The third-order valence-electron chi connectivity index (χ3n) is 4.67. The Balaban J connectivity index is 1.49. The second kappa shape index (κ2) is 6.70. The van der Waals surface area contributed by atoms with E-state index in [4.69, 9.17) is 11.6 Å². The predicted molar refractivity (Wildman–Crippen MR) is 102 cm³/mol. The van der Waals surface area contributed by atoms with Gasteiger partial charge in [0.2, 0.25) is 0 Å². The first-order chi connectivity index (χ1) is 12.9. The summed E-state index contributed by atoms with van der Waals surface area (Å²) in [4.78, 5) is 18.3. The van der Waals surface area contributed by atoms with Crippen molar-refractivity contribution in [2.75, 3.05) is 6.54 Å². The average molecular weight is 388 g/mol. The minimum atomic E-state index is -0.887. The van der Waals surface area contributed by atoms with Crippen molar-refractivity contribution in [3.8, 4) is 0 Å². The molecule has 1 amide bonds. The zero-order valence-corrected chi connectivity index (χ0v) is 15.2. The minimum absolute atomic E-state index is 0.154. The fourth-order valence-electron chi connectivity index (χ4n) is 3.33. The quantitative estimate of drug-likeness (QED) is 0.460. The number of rotatable bonds is 4. The number of benzene rings is 2. The standard InChI is InChI=1S/C20H16ClF2N3O/c1-10-13(14-3-4-15(22)18(23)19(14)25-10)6-7-24-20(27)17-9-11-8-12(21)2-5-16(11)26-17/h2-5,8-9,25-26H,6-7H2,1H3,(H,24,27). The largest absolute Gasteiger partial charge is 0.356 e. The van der Waals surface area contributed by atoms with Crippen LogP contribution in [0.2, 0.25) is 5.02 Å². The molecule has 4 aromatic rings. The highest BCUT2D eigenvalue weighted by atomic mass is 35.5. The van der Waals surface area contributed by atoms with E-state index in [1.165, 1.54) is 0 Å². The van der Waals surface area contributed by atoms with Gasteiger partial charge in [0.25, 0.3) is 5.91 Å². The highest BCUT2D eigenvalue weighted by molar-refractivity contribution is 6.31. The molecule has 2 aromatic heterocycles. The van der Waals surface area contributed by atoms with Gasteiger partial charge in [0.05, 0.1) is 5.52 Å². The molecule has 2 aromatic carbocycles. The topological polar surface area (TPSA) is 60.7 Å². The normalized spacial score (nSPS) is 11.4. The molecular formula is C20H16ClF2N3O. The third-order valence-corrected chi connectivity index (χ3v) is 4.91. The lowest BCUT2D eigenvalue weighted by molar-refractivity contribution is 0.0950. The van der Waals surface area contributed by atoms with E-state index in [2.05, 4.69) is 15.3 Å². The highest BCUT2D eigenvalue weighted by Crippen LogP contribution is 2.26. The van der Waals surface area contributed by atoms with Crippen LogP contribution < -0.4 is 5.32 Å². The Kier molecular flexibility index (Phi) is 4.36. The van der Waals surface area contributed by atoms with Gasteiger partial charge >= 0.3 is 0 Å². The number of aryl methyl sites for hydroxylation is 1. The number of hydrogen-bond donors (Lipinski definition) is 3. The molecule has 27 heavy (non-hydrogen) atoms. The number of hydrogen-bond acceptors (Lipinski definition) is 1. The van der Waals surface area contributed by atoms with Gasteiger partial charge in [-0.25, -0.2) is 8.78 Å². The molecule has 0 bridgehead atoms. The number of halogens is 3. The number of carbonyl (C=O) groups is 1. The molecule has 0 aliphatic rings. The summed E-state index contributed by atoms with van der Waals surface area (Å²) < 4.78 is 27.3. The maximum Gasteiger partial charge on any atom is 0.267 e. The number of aromatic nitrogens is 2. The summed E-state index contributed by atoms with van der Waals surface area (Å²) in [5.74, 6) is -2.01. The first kappa shape index (κ1) is 17.5. The van der Waals surface area contributed by atoms with Crippen LogP contribution in [0.4, 0.5) is 8.78 Å². The van der Waals surface area contributed by atoms with E-state index >= 15 is 0 Å². The van der Waals surface area contributed by atoms with Crippen LogP contribution in [0.1, 0.15) is 21.7 Å². The van der Waals surface area contributed by atoms with E-state index in [1.807, 2.05) is 6.07 Å². The van der Waals surface area contributed by atoms with Crippen LogP contribution >= 0.6 is 11.6 Å². The molecule has 0 unspecified atom stereocenters. The van der Waals surface area contributed by atoms with Crippen molar-refractivity contribution < 1.29 is 13.6 Å². The monoisotopic (exact) mass is 387 g/mol. The van der Waals surface area contributed by atoms with Gasteiger partial charge in [0, 0.05) is 33.6 Å². The number of carbonyl (C=O) groups excluding carboxylic acids is 1. The van der Waals surface area contributed by atoms with Gasteiger partial charge in [-0.1, -0.05) is 11.6 Å². The predicted octanol–water partition coefficient (Wildman–Crippen LogP) is 4.86. The lowest BCUT2D eigenvalue weighted by Crippen LogP contribution is -2.26. The molecule has 3 N–H and O–H groups in total. The van der Waals surface area contributed by atoms with Crippen molar-refractivity contribution in [3.05, 3.63) is 70.0 Å². The lowest BCUT2D eigenvalue weighted by Gasteiger charge is -2.05. The summed E-state index contributed by atoms with van der Waals surface area (Å²) in [5.41, 5.74) is 3.03. The molecule has 0 atom stereocenters. The molecule has 0 aliphatic carbocycles. The Hall–Kier alpha value is -2.86. The molecule has 0 spiro atoms. The van der Waals surface area contributed by atoms with E-state index in [0.717, 1.165) is 28.2 Å². The Labute approximate surface area is 158 Å². The second-order valence-electron chi connectivity index (χ2n) is 6.43. The molecular weight excluding hydrogens is 372 g/mol. The Morgan fingerprint density at radius 3 is 2.78 bits per heavy atom. The highest BCUT2D eigenvalue weighted by Gasteiger charge is 2.15. The number of fused-ring (bicyclic) bond motifs is 2. The molecule has 138 valence electrons. The molecule has 2 heterocycles.